The van der Waals surface area contributed by atoms with Gasteiger partial charge in [-0.25, -0.2) is 9.97 Å². The highest BCUT2D eigenvalue weighted by atomic mass is 35.5. The summed E-state index contributed by atoms with van der Waals surface area (Å²) in [7, 11) is 0. The van der Waals surface area contributed by atoms with Crippen molar-refractivity contribution in [3.63, 3.8) is 0 Å². The average Bonchev–Trinajstić information content (AvgIpc) is 2.71. The van der Waals surface area contributed by atoms with Crippen LogP contribution in [0.3, 0.4) is 0 Å². The van der Waals surface area contributed by atoms with Crippen molar-refractivity contribution < 1.29 is 0 Å². The van der Waals surface area contributed by atoms with Crippen LogP contribution in [0.15, 0.2) is 18.7 Å². The lowest BCUT2D eigenvalue weighted by Gasteiger charge is -2.05. The number of rotatable bonds is 2. The van der Waals surface area contributed by atoms with Crippen LogP contribution in [-0.2, 0) is 6.54 Å². The van der Waals surface area contributed by atoms with Gasteiger partial charge in [0, 0.05) is 12.7 Å². The Morgan fingerprint density at radius 3 is 2.93 bits per heavy atom. The molecule has 14 heavy (non-hydrogen) atoms. The molecule has 0 aromatic carbocycles. The number of halogens is 1. The van der Waals surface area contributed by atoms with Gasteiger partial charge in [0.05, 0.1) is 6.20 Å². The Bertz CT molecular complexity index is 444. The van der Waals surface area contributed by atoms with Gasteiger partial charge in [-0.05, 0) is 6.92 Å². The fourth-order valence-corrected chi connectivity index (χ4v) is 1.47. The summed E-state index contributed by atoms with van der Waals surface area (Å²) in [4.78, 5) is 8.08. The molecule has 2 rings (SSSR count). The van der Waals surface area contributed by atoms with E-state index in [-0.39, 0.29) is 0 Å². The van der Waals surface area contributed by atoms with Crippen molar-refractivity contribution in [2.45, 2.75) is 13.5 Å². The zero-order valence-electron chi connectivity index (χ0n) is 7.68. The van der Waals surface area contributed by atoms with Crippen LogP contribution in [0.1, 0.15) is 6.92 Å². The first-order valence-corrected chi connectivity index (χ1v) is 4.61. The summed E-state index contributed by atoms with van der Waals surface area (Å²) in [6, 6.07) is 0. The van der Waals surface area contributed by atoms with Gasteiger partial charge in [-0.1, -0.05) is 11.6 Å². The molecule has 0 aliphatic heterocycles. The van der Waals surface area contributed by atoms with Gasteiger partial charge in [-0.3, -0.25) is 4.57 Å². The Hall–Kier alpha value is -1.49. The normalized spacial score (nSPS) is 10.7. The fourth-order valence-electron chi connectivity index (χ4n) is 1.27. The molecule has 74 valence electrons. The zero-order chi connectivity index (χ0) is 10.1. The topological polar surface area (TPSA) is 61.7 Å². The summed E-state index contributed by atoms with van der Waals surface area (Å²) >= 11 is 5.81. The van der Waals surface area contributed by atoms with E-state index in [1.165, 1.54) is 0 Å². The lowest BCUT2D eigenvalue weighted by atomic mass is 10.7. The SMILES string of the molecule is CCn1cc(Cl)nc1-n1cncc1N. The third kappa shape index (κ3) is 1.35. The van der Waals surface area contributed by atoms with Crippen LogP contribution in [0.25, 0.3) is 5.95 Å². The predicted octanol–water partition coefficient (Wildman–Crippen LogP) is 1.32. The quantitative estimate of drug-likeness (QED) is 0.815. The molecule has 2 aromatic heterocycles. The minimum Gasteiger partial charge on any atom is -0.383 e. The van der Waals surface area contributed by atoms with Crippen molar-refractivity contribution in [2.75, 3.05) is 5.73 Å². The molecule has 0 fully saturated rings. The van der Waals surface area contributed by atoms with E-state index in [0.29, 0.717) is 16.9 Å². The number of nitrogens with zero attached hydrogens (tertiary/aromatic N) is 4. The van der Waals surface area contributed by atoms with Crippen molar-refractivity contribution in [3.05, 3.63) is 23.9 Å². The Morgan fingerprint density at radius 1 is 1.57 bits per heavy atom. The van der Waals surface area contributed by atoms with E-state index in [9.17, 15) is 0 Å². The van der Waals surface area contributed by atoms with E-state index in [1.54, 1.807) is 23.3 Å². The molecule has 0 spiro atoms. The van der Waals surface area contributed by atoms with Gasteiger partial charge in [0.25, 0.3) is 0 Å². The van der Waals surface area contributed by atoms with Crippen molar-refractivity contribution in [1.29, 1.82) is 0 Å². The Balaban J connectivity index is 2.55. The third-order valence-electron chi connectivity index (χ3n) is 1.95. The highest BCUT2D eigenvalue weighted by molar-refractivity contribution is 6.29. The van der Waals surface area contributed by atoms with Crippen LogP contribution in [0.4, 0.5) is 5.82 Å². The number of nitrogens with two attached hydrogens (primary N) is 1. The molecule has 0 atom stereocenters. The van der Waals surface area contributed by atoms with Crippen LogP contribution in [-0.4, -0.2) is 19.1 Å². The highest BCUT2D eigenvalue weighted by Crippen LogP contribution is 2.15. The summed E-state index contributed by atoms with van der Waals surface area (Å²) in [6.45, 7) is 2.79. The maximum atomic E-state index is 5.81. The number of nitrogen functional groups attached to an aromatic ring is 1. The molecular formula is C8H10ClN5. The summed E-state index contributed by atoms with van der Waals surface area (Å²) in [6.07, 6.45) is 4.94. The van der Waals surface area contributed by atoms with Crippen molar-refractivity contribution in [3.8, 4) is 5.95 Å². The van der Waals surface area contributed by atoms with Crippen molar-refractivity contribution in [1.82, 2.24) is 19.1 Å². The molecule has 0 radical (unpaired) electrons. The minimum absolute atomic E-state index is 0.454. The number of aromatic nitrogens is 4. The third-order valence-corrected chi connectivity index (χ3v) is 2.13. The molecule has 0 bridgehead atoms. The molecular weight excluding hydrogens is 202 g/mol. The largest absolute Gasteiger partial charge is 0.383 e. The maximum absolute atomic E-state index is 5.81. The number of aryl methyl sites for hydroxylation is 1. The summed E-state index contributed by atoms with van der Waals surface area (Å²) < 4.78 is 3.59. The second kappa shape index (κ2) is 3.34. The number of hydrogen-bond acceptors (Lipinski definition) is 3. The molecule has 0 amide bonds. The van der Waals surface area contributed by atoms with Crippen molar-refractivity contribution >= 4 is 17.4 Å². The molecule has 5 nitrogen and oxygen atoms in total. The molecule has 0 saturated carbocycles. The highest BCUT2D eigenvalue weighted by Gasteiger charge is 2.09. The van der Waals surface area contributed by atoms with Crippen LogP contribution in [0.2, 0.25) is 5.15 Å². The zero-order valence-corrected chi connectivity index (χ0v) is 8.44. The van der Waals surface area contributed by atoms with Gasteiger partial charge < -0.3 is 10.3 Å². The van der Waals surface area contributed by atoms with Gasteiger partial charge in [0.2, 0.25) is 5.95 Å². The van der Waals surface area contributed by atoms with E-state index in [4.69, 9.17) is 17.3 Å². The van der Waals surface area contributed by atoms with Crippen molar-refractivity contribution in [2.24, 2.45) is 0 Å². The second-order valence-electron chi connectivity index (χ2n) is 2.84. The van der Waals surface area contributed by atoms with Crippen LogP contribution >= 0.6 is 11.6 Å². The van der Waals surface area contributed by atoms with Gasteiger partial charge in [-0.15, -0.1) is 0 Å². The number of imidazole rings is 2. The molecule has 2 N–H and O–H groups in total. The lowest BCUT2D eigenvalue weighted by Crippen LogP contribution is -2.06. The van der Waals surface area contributed by atoms with E-state index >= 15 is 0 Å². The fraction of sp³-hybridized carbons (Fsp3) is 0.250. The van der Waals surface area contributed by atoms with E-state index in [2.05, 4.69) is 9.97 Å². The molecule has 0 saturated heterocycles. The summed E-state index contributed by atoms with van der Waals surface area (Å²) in [5.74, 6) is 1.23. The molecule has 0 unspecified atom stereocenters. The number of hydrogen-bond donors (Lipinski definition) is 1. The molecule has 0 aliphatic carbocycles. The van der Waals surface area contributed by atoms with E-state index in [1.807, 2.05) is 11.5 Å². The first-order valence-electron chi connectivity index (χ1n) is 4.23. The van der Waals surface area contributed by atoms with Gasteiger partial charge in [0.1, 0.15) is 17.3 Å². The van der Waals surface area contributed by atoms with E-state index < -0.39 is 0 Å². The Labute approximate surface area is 86.1 Å². The van der Waals surface area contributed by atoms with Gasteiger partial charge in [0.15, 0.2) is 0 Å². The predicted molar refractivity (Wildman–Crippen MR) is 54.4 cm³/mol. The summed E-state index contributed by atoms with van der Waals surface area (Å²) in [5, 5.41) is 0.454. The Morgan fingerprint density at radius 2 is 2.36 bits per heavy atom. The standard InChI is InChI=1S/C8H10ClN5/c1-2-13-4-6(9)12-8(13)14-5-11-3-7(14)10/h3-5H,2,10H2,1H3. The van der Waals surface area contributed by atoms with E-state index in [0.717, 1.165) is 6.54 Å². The number of anilines is 1. The van der Waals surface area contributed by atoms with Gasteiger partial charge in [-0.2, -0.15) is 0 Å². The van der Waals surface area contributed by atoms with Crippen LogP contribution < -0.4 is 5.73 Å². The lowest BCUT2D eigenvalue weighted by molar-refractivity contribution is 0.721. The average molecular weight is 212 g/mol. The smallest absolute Gasteiger partial charge is 0.218 e. The summed E-state index contributed by atoms with van der Waals surface area (Å²) in [5.41, 5.74) is 5.71. The first-order chi connectivity index (χ1) is 6.72. The van der Waals surface area contributed by atoms with Gasteiger partial charge >= 0.3 is 0 Å². The first kappa shape index (κ1) is 9.08. The minimum atomic E-state index is 0.454. The van der Waals surface area contributed by atoms with Crippen LogP contribution in [0.5, 0.6) is 0 Å². The molecule has 0 aliphatic rings. The van der Waals surface area contributed by atoms with Crippen LogP contribution in [0, 0.1) is 0 Å². The monoisotopic (exact) mass is 211 g/mol. The maximum Gasteiger partial charge on any atom is 0.218 e. The molecule has 2 aromatic rings. The second-order valence-corrected chi connectivity index (χ2v) is 3.23. The Kier molecular flexibility index (Phi) is 2.17. The molecule has 2 heterocycles. The molecule has 6 heteroatoms.